The summed E-state index contributed by atoms with van der Waals surface area (Å²) in [5, 5.41) is 3.91. The number of methoxy groups -OCH3 is 1. The lowest BCUT2D eigenvalue weighted by molar-refractivity contribution is 0.376. The molecule has 108 valence electrons. The fraction of sp³-hybridized carbons (Fsp3) is 0.438. The van der Waals surface area contributed by atoms with Crippen LogP contribution in [0.5, 0.6) is 5.75 Å². The van der Waals surface area contributed by atoms with Crippen LogP contribution in [0.1, 0.15) is 31.6 Å². The van der Waals surface area contributed by atoms with Crippen molar-refractivity contribution in [2.45, 2.75) is 33.6 Å². The van der Waals surface area contributed by atoms with Crippen LogP contribution in [0.15, 0.2) is 22.7 Å². The van der Waals surface area contributed by atoms with Crippen LogP contribution >= 0.6 is 0 Å². The lowest BCUT2D eigenvalue weighted by atomic mass is 9.99. The summed E-state index contributed by atoms with van der Waals surface area (Å²) < 4.78 is 10.8. The number of aryl methyl sites for hydroxylation is 2. The molecule has 0 saturated carbocycles. The Morgan fingerprint density at radius 2 is 2.10 bits per heavy atom. The molecule has 0 aliphatic carbocycles. The molecule has 0 aliphatic rings. The zero-order chi connectivity index (χ0) is 14.7. The first kappa shape index (κ1) is 14.4. The fourth-order valence-corrected chi connectivity index (χ4v) is 2.21. The minimum atomic E-state index is 0.440. The summed E-state index contributed by atoms with van der Waals surface area (Å²) in [6.45, 7) is 6.39. The van der Waals surface area contributed by atoms with Crippen LogP contribution in [0.2, 0.25) is 0 Å². The van der Waals surface area contributed by atoms with Gasteiger partial charge < -0.3 is 15.0 Å². The largest absolute Gasteiger partial charge is 0.496 e. The van der Waals surface area contributed by atoms with E-state index in [0.717, 1.165) is 41.0 Å². The molecule has 20 heavy (non-hydrogen) atoms. The standard InChI is InChI=1S/C16H22N2O2/c1-10(2)5-8-13-15(16(17)18-20-13)12-7-6-11(3)14(9-12)19-4/h6-7,9-10H,5,8H2,1-4H3,(H2,17,18). The minimum Gasteiger partial charge on any atom is -0.496 e. The van der Waals surface area contributed by atoms with Crippen LogP contribution in [0, 0.1) is 12.8 Å². The van der Waals surface area contributed by atoms with E-state index in [1.165, 1.54) is 0 Å². The number of nitrogens with two attached hydrogens (primary N) is 1. The second-order valence-corrected chi connectivity index (χ2v) is 5.48. The molecule has 4 nitrogen and oxygen atoms in total. The SMILES string of the molecule is COc1cc(-c2c(N)noc2CCC(C)C)ccc1C. The highest BCUT2D eigenvalue weighted by molar-refractivity contribution is 5.76. The van der Waals surface area contributed by atoms with E-state index < -0.39 is 0 Å². The van der Waals surface area contributed by atoms with Crippen molar-refractivity contribution in [3.8, 4) is 16.9 Å². The van der Waals surface area contributed by atoms with Crippen LogP contribution in [0.3, 0.4) is 0 Å². The van der Waals surface area contributed by atoms with Gasteiger partial charge in [-0.15, -0.1) is 0 Å². The molecule has 0 spiro atoms. The molecule has 0 radical (unpaired) electrons. The van der Waals surface area contributed by atoms with Gasteiger partial charge in [0.2, 0.25) is 0 Å². The van der Waals surface area contributed by atoms with Crippen LogP contribution in [-0.4, -0.2) is 12.3 Å². The second-order valence-electron chi connectivity index (χ2n) is 5.48. The molecule has 1 aromatic heterocycles. The van der Waals surface area contributed by atoms with E-state index in [-0.39, 0.29) is 0 Å². The normalized spacial score (nSPS) is 11.1. The van der Waals surface area contributed by atoms with Gasteiger partial charge >= 0.3 is 0 Å². The molecule has 0 bridgehead atoms. The predicted molar refractivity (Wildman–Crippen MR) is 80.8 cm³/mol. The monoisotopic (exact) mass is 274 g/mol. The summed E-state index contributed by atoms with van der Waals surface area (Å²) in [5.41, 5.74) is 8.94. The topological polar surface area (TPSA) is 61.3 Å². The van der Waals surface area contributed by atoms with Crippen molar-refractivity contribution in [3.63, 3.8) is 0 Å². The number of ether oxygens (including phenoxy) is 1. The quantitative estimate of drug-likeness (QED) is 0.900. The van der Waals surface area contributed by atoms with Gasteiger partial charge in [0.05, 0.1) is 12.7 Å². The molecule has 0 saturated heterocycles. The minimum absolute atomic E-state index is 0.440. The van der Waals surface area contributed by atoms with E-state index in [4.69, 9.17) is 15.0 Å². The Kier molecular flexibility index (Phi) is 4.32. The summed E-state index contributed by atoms with van der Waals surface area (Å²) in [6, 6.07) is 6.03. The summed E-state index contributed by atoms with van der Waals surface area (Å²) in [7, 11) is 1.67. The number of nitrogens with zero attached hydrogens (tertiary/aromatic N) is 1. The lowest BCUT2D eigenvalue weighted by Gasteiger charge is -2.08. The summed E-state index contributed by atoms with van der Waals surface area (Å²) >= 11 is 0. The third-order valence-corrected chi connectivity index (χ3v) is 3.43. The lowest BCUT2D eigenvalue weighted by Crippen LogP contribution is -1.95. The maximum atomic E-state index is 5.96. The Morgan fingerprint density at radius 3 is 2.75 bits per heavy atom. The number of aromatic nitrogens is 1. The third-order valence-electron chi connectivity index (χ3n) is 3.43. The van der Waals surface area contributed by atoms with Gasteiger partial charge in [0.1, 0.15) is 11.5 Å². The van der Waals surface area contributed by atoms with Crippen molar-refractivity contribution >= 4 is 5.82 Å². The third kappa shape index (κ3) is 2.95. The van der Waals surface area contributed by atoms with Crippen LogP contribution < -0.4 is 10.5 Å². The first-order chi connectivity index (χ1) is 9.52. The van der Waals surface area contributed by atoms with Gasteiger partial charge in [-0.25, -0.2) is 0 Å². The zero-order valence-electron chi connectivity index (χ0n) is 12.6. The van der Waals surface area contributed by atoms with E-state index in [1.54, 1.807) is 7.11 Å². The van der Waals surface area contributed by atoms with E-state index in [1.807, 2.05) is 25.1 Å². The molecule has 2 rings (SSSR count). The van der Waals surface area contributed by atoms with Crippen LogP contribution in [0.4, 0.5) is 5.82 Å². The van der Waals surface area contributed by atoms with Gasteiger partial charge in [-0.2, -0.15) is 0 Å². The average Bonchev–Trinajstić information content (AvgIpc) is 2.78. The molecule has 0 aliphatic heterocycles. The highest BCUT2D eigenvalue weighted by Crippen LogP contribution is 2.34. The molecule has 1 aromatic carbocycles. The van der Waals surface area contributed by atoms with E-state index in [2.05, 4.69) is 19.0 Å². The molecule has 0 atom stereocenters. The highest BCUT2D eigenvalue weighted by Gasteiger charge is 2.17. The number of anilines is 1. The number of nitrogen functional groups attached to an aromatic ring is 1. The molecular formula is C16H22N2O2. The van der Waals surface area contributed by atoms with Crippen molar-refractivity contribution in [2.75, 3.05) is 12.8 Å². The molecule has 0 fully saturated rings. The number of benzene rings is 1. The molecule has 1 heterocycles. The molecular weight excluding hydrogens is 252 g/mol. The van der Waals surface area contributed by atoms with E-state index >= 15 is 0 Å². The Bertz CT molecular complexity index is 588. The van der Waals surface area contributed by atoms with E-state index in [0.29, 0.717) is 11.7 Å². The maximum absolute atomic E-state index is 5.96. The molecule has 2 aromatic rings. The van der Waals surface area contributed by atoms with E-state index in [9.17, 15) is 0 Å². The fourth-order valence-electron chi connectivity index (χ4n) is 2.21. The maximum Gasteiger partial charge on any atom is 0.175 e. The van der Waals surface area contributed by atoms with Crippen molar-refractivity contribution in [1.82, 2.24) is 5.16 Å². The van der Waals surface area contributed by atoms with Crippen LogP contribution in [-0.2, 0) is 6.42 Å². The van der Waals surface area contributed by atoms with Gasteiger partial charge in [-0.1, -0.05) is 31.1 Å². The summed E-state index contributed by atoms with van der Waals surface area (Å²) in [5.74, 6) is 2.75. The number of hydrogen-bond donors (Lipinski definition) is 1. The van der Waals surface area contributed by atoms with Gasteiger partial charge in [0.25, 0.3) is 0 Å². The average molecular weight is 274 g/mol. The first-order valence-electron chi connectivity index (χ1n) is 6.92. The first-order valence-corrected chi connectivity index (χ1v) is 6.92. The Balaban J connectivity index is 2.39. The number of rotatable bonds is 5. The Labute approximate surface area is 119 Å². The zero-order valence-corrected chi connectivity index (χ0v) is 12.6. The van der Waals surface area contributed by atoms with Crippen LogP contribution in [0.25, 0.3) is 11.1 Å². The Hall–Kier alpha value is -1.97. The van der Waals surface area contributed by atoms with Crippen molar-refractivity contribution < 1.29 is 9.26 Å². The summed E-state index contributed by atoms with van der Waals surface area (Å²) in [6.07, 6.45) is 1.89. The Morgan fingerprint density at radius 1 is 1.35 bits per heavy atom. The van der Waals surface area contributed by atoms with Gasteiger partial charge in [-0.3, -0.25) is 0 Å². The van der Waals surface area contributed by atoms with Crippen molar-refractivity contribution in [1.29, 1.82) is 0 Å². The van der Waals surface area contributed by atoms with Gasteiger partial charge in [0.15, 0.2) is 5.82 Å². The summed E-state index contributed by atoms with van der Waals surface area (Å²) in [4.78, 5) is 0. The van der Waals surface area contributed by atoms with Gasteiger partial charge in [-0.05, 0) is 36.5 Å². The van der Waals surface area contributed by atoms with Crippen molar-refractivity contribution in [3.05, 3.63) is 29.5 Å². The predicted octanol–water partition coefficient (Wildman–Crippen LogP) is 3.83. The molecule has 4 heteroatoms. The second kappa shape index (κ2) is 5.99. The smallest absolute Gasteiger partial charge is 0.175 e. The molecule has 2 N–H and O–H groups in total. The van der Waals surface area contributed by atoms with Crippen molar-refractivity contribution in [2.24, 2.45) is 5.92 Å². The van der Waals surface area contributed by atoms with Gasteiger partial charge in [0, 0.05) is 6.42 Å². The molecule has 0 unspecified atom stereocenters. The number of hydrogen-bond acceptors (Lipinski definition) is 4. The highest BCUT2D eigenvalue weighted by atomic mass is 16.5. The molecule has 0 amide bonds.